The Bertz CT molecular complexity index is 253. The van der Waals surface area contributed by atoms with Crippen molar-refractivity contribution in [2.75, 3.05) is 11.9 Å². The zero-order chi connectivity index (χ0) is 9.84. The van der Waals surface area contributed by atoms with E-state index >= 15 is 0 Å². The van der Waals surface area contributed by atoms with Gasteiger partial charge in [-0.15, -0.1) is 0 Å². The van der Waals surface area contributed by atoms with Gasteiger partial charge < -0.3 is 10.6 Å². The number of pyridine rings is 1. The van der Waals surface area contributed by atoms with Crippen molar-refractivity contribution in [2.24, 2.45) is 5.73 Å². The van der Waals surface area contributed by atoms with Crippen molar-refractivity contribution < 1.29 is 0 Å². The number of hydrogen-bond donors (Lipinski definition) is 1. The third-order valence-corrected chi connectivity index (χ3v) is 2.18. The summed E-state index contributed by atoms with van der Waals surface area (Å²) in [4.78, 5) is 6.44. The fourth-order valence-corrected chi connectivity index (χ4v) is 1.01. The summed E-state index contributed by atoms with van der Waals surface area (Å²) in [5, 5.41) is 0. The number of anilines is 1. The first kappa shape index (κ1) is 9.99. The average Bonchev–Trinajstić information content (AvgIpc) is 2.17. The van der Waals surface area contributed by atoms with Crippen LogP contribution in [0.1, 0.15) is 19.4 Å². The number of hydrogen-bond acceptors (Lipinski definition) is 3. The Labute approximate surface area is 79.6 Å². The minimum Gasteiger partial charge on any atom is -0.357 e. The lowest BCUT2D eigenvalue weighted by molar-refractivity contribution is 0.742. The van der Waals surface area contributed by atoms with Crippen LogP contribution in [0.4, 0.5) is 5.82 Å². The maximum Gasteiger partial charge on any atom is 0.128 e. The fraction of sp³-hybridized carbons (Fsp3) is 0.500. The Morgan fingerprint density at radius 2 is 2.15 bits per heavy atom. The zero-order valence-corrected chi connectivity index (χ0v) is 8.49. The minimum absolute atomic E-state index is 0.469. The van der Waals surface area contributed by atoms with Gasteiger partial charge in [0, 0.05) is 25.8 Å². The summed E-state index contributed by atoms with van der Waals surface area (Å²) in [5.74, 6) is 0.993. The van der Waals surface area contributed by atoms with E-state index in [-0.39, 0.29) is 0 Å². The van der Waals surface area contributed by atoms with Gasteiger partial charge in [0.15, 0.2) is 0 Å². The molecular formula is C10H17N3. The molecule has 0 unspecified atom stereocenters. The Morgan fingerprint density at radius 1 is 1.46 bits per heavy atom. The highest BCUT2D eigenvalue weighted by Crippen LogP contribution is 2.11. The predicted octanol–water partition coefficient (Wildman–Crippen LogP) is 1.38. The molecule has 1 aromatic heterocycles. The molecule has 13 heavy (non-hydrogen) atoms. The lowest BCUT2D eigenvalue weighted by Crippen LogP contribution is -2.26. The molecule has 0 aliphatic rings. The van der Waals surface area contributed by atoms with E-state index in [1.54, 1.807) is 0 Å². The van der Waals surface area contributed by atoms with Gasteiger partial charge in [0.25, 0.3) is 0 Å². The Hall–Kier alpha value is -1.09. The van der Waals surface area contributed by atoms with E-state index < -0.39 is 0 Å². The molecule has 2 N–H and O–H groups in total. The van der Waals surface area contributed by atoms with Gasteiger partial charge in [0.1, 0.15) is 5.82 Å². The second kappa shape index (κ2) is 4.23. The van der Waals surface area contributed by atoms with Crippen LogP contribution in [0.2, 0.25) is 0 Å². The molecule has 3 heteroatoms. The highest BCUT2D eigenvalue weighted by molar-refractivity contribution is 5.39. The second-order valence-corrected chi connectivity index (χ2v) is 3.43. The van der Waals surface area contributed by atoms with Crippen LogP contribution in [0, 0.1) is 0 Å². The number of rotatable bonds is 3. The maximum atomic E-state index is 5.48. The summed E-state index contributed by atoms with van der Waals surface area (Å²) >= 11 is 0. The summed E-state index contributed by atoms with van der Waals surface area (Å²) in [5.41, 5.74) is 6.55. The maximum absolute atomic E-state index is 5.48. The van der Waals surface area contributed by atoms with Crippen molar-refractivity contribution in [3.63, 3.8) is 0 Å². The van der Waals surface area contributed by atoms with Gasteiger partial charge in [-0.05, 0) is 25.5 Å². The fourth-order valence-electron chi connectivity index (χ4n) is 1.01. The highest BCUT2D eigenvalue weighted by Gasteiger charge is 2.04. The Kier molecular flexibility index (Phi) is 3.25. The molecule has 0 spiro atoms. The second-order valence-electron chi connectivity index (χ2n) is 3.43. The van der Waals surface area contributed by atoms with Crippen molar-refractivity contribution in [3.05, 3.63) is 23.9 Å². The monoisotopic (exact) mass is 179 g/mol. The third kappa shape index (κ3) is 2.42. The lowest BCUT2D eigenvalue weighted by Gasteiger charge is -2.22. The molecule has 3 nitrogen and oxygen atoms in total. The summed E-state index contributed by atoms with van der Waals surface area (Å²) in [6, 6.07) is 4.49. The largest absolute Gasteiger partial charge is 0.357 e. The van der Waals surface area contributed by atoms with Gasteiger partial charge in [-0.2, -0.15) is 0 Å². The number of nitrogens with two attached hydrogens (primary N) is 1. The standard InChI is InChI=1S/C10H17N3/c1-8(2)13(3)10-5-4-9(6-11)7-12-10/h4-5,7-8H,6,11H2,1-3H3. The van der Waals surface area contributed by atoms with Crippen molar-refractivity contribution in [1.29, 1.82) is 0 Å². The molecule has 0 aromatic carbocycles. The molecule has 0 bridgehead atoms. The van der Waals surface area contributed by atoms with Gasteiger partial charge in [-0.3, -0.25) is 0 Å². The van der Waals surface area contributed by atoms with Crippen molar-refractivity contribution in [1.82, 2.24) is 4.98 Å². The van der Waals surface area contributed by atoms with Crippen LogP contribution in [0.15, 0.2) is 18.3 Å². The molecule has 0 atom stereocenters. The van der Waals surface area contributed by atoms with Crippen LogP contribution in [-0.4, -0.2) is 18.1 Å². The SMILES string of the molecule is CC(C)N(C)c1ccc(CN)cn1. The van der Waals surface area contributed by atoms with E-state index in [1.165, 1.54) is 0 Å². The molecule has 0 radical (unpaired) electrons. The Balaban J connectivity index is 2.79. The van der Waals surface area contributed by atoms with Gasteiger partial charge in [0.05, 0.1) is 0 Å². The van der Waals surface area contributed by atoms with Gasteiger partial charge in [-0.1, -0.05) is 6.07 Å². The average molecular weight is 179 g/mol. The summed E-state index contributed by atoms with van der Waals surface area (Å²) in [6.45, 7) is 4.83. The van der Waals surface area contributed by atoms with E-state index in [0.717, 1.165) is 11.4 Å². The van der Waals surface area contributed by atoms with E-state index in [4.69, 9.17) is 5.73 Å². The Morgan fingerprint density at radius 3 is 2.54 bits per heavy atom. The van der Waals surface area contributed by atoms with Gasteiger partial charge >= 0.3 is 0 Å². The third-order valence-electron chi connectivity index (χ3n) is 2.18. The topological polar surface area (TPSA) is 42.1 Å². The van der Waals surface area contributed by atoms with Crippen molar-refractivity contribution in [3.8, 4) is 0 Å². The number of aromatic nitrogens is 1. The van der Waals surface area contributed by atoms with E-state index in [2.05, 4.69) is 23.7 Å². The molecule has 0 aliphatic heterocycles. The molecular weight excluding hydrogens is 162 g/mol. The molecule has 0 fully saturated rings. The predicted molar refractivity (Wildman–Crippen MR) is 55.7 cm³/mol. The molecule has 1 heterocycles. The molecule has 1 rings (SSSR count). The van der Waals surface area contributed by atoms with Crippen LogP contribution in [0.5, 0.6) is 0 Å². The molecule has 0 amide bonds. The molecule has 0 aliphatic carbocycles. The normalized spacial score (nSPS) is 10.5. The smallest absolute Gasteiger partial charge is 0.128 e. The van der Waals surface area contributed by atoms with Crippen molar-refractivity contribution in [2.45, 2.75) is 26.4 Å². The van der Waals surface area contributed by atoms with E-state index in [0.29, 0.717) is 12.6 Å². The zero-order valence-electron chi connectivity index (χ0n) is 8.49. The molecule has 0 saturated heterocycles. The molecule has 1 aromatic rings. The van der Waals surface area contributed by atoms with Crippen LogP contribution in [0.25, 0.3) is 0 Å². The summed E-state index contributed by atoms with van der Waals surface area (Å²) < 4.78 is 0. The molecule has 72 valence electrons. The van der Waals surface area contributed by atoms with Gasteiger partial charge in [0.2, 0.25) is 0 Å². The highest BCUT2D eigenvalue weighted by atomic mass is 15.2. The first-order valence-corrected chi connectivity index (χ1v) is 4.53. The van der Waals surface area contributed by atoms with E-state index in [9.17, 15) is 0 Å². The summed E-state index contributed by atoms with van der Waals surface area (Å²) in [6.07, 6.45) is 1.83. The first-order valence-electron chi connectivity index (χ1n) is 4.53. The van der Waals surface area contributed by atoms with Crippen LogP contribution < -0.4 is 10.6 Å². The van der Waals surface area contributed by atoms with Crippen LogP contribution in [0.3, 0.4) is 0 Å². The van der Waals surface area contributed by atoms with Crippen LogP contribution >= 0.6 is 0 Å². The van der Waals surface area contributed by atoms with Crippen molar-refractivity contribution >= 4 is 5.82 Å². The first-order chi connectivity index (χ1) is 6.15. The van der Waals surface area contributed by atoms with Gasteiger partial charge in [-0.25, -0.2) is 4.98 Å². The number of nitrogens with zero attached hydrogens (tertiary/aromatic N) is 2. The quantitative estimate of drug-likeness (QED) is 0.762. The minimum atomic E-state index is 0.469. The van der Waals surface area contributed by atoms with E-state index in [1.807, 2.05) is 25.4 Å². The lowest BCUT2D eigenvalue weighted by atomic mass is 10.2. The molecule has 0 saturated carbocycles. The summed E-state index contributed by atoms with van der Waals surface area (Å²) in [7, 11) is 2.04. The van der Waals surface area contributed by atoms with Crippen LogP contribution in [-0.2, 0) is 6.54 Å².